The van der Waals surface area contributed by atoms with Crippen LogP contribution in [0.4, 0.5) is 0 Å². The fourth-order valence-corrected chi connectivity index (χ4v) is 2.80. The molecule has 0 amide bonds. The lowest BCUT2D eigenvalue weighted by molar-refractivity contribution is 0.0549. The zero-order chi connectivity index (χ0) is 14.4. The van der Waals surface area contributed by atoms with Crippen molar-refractivity contribution in [3.8, 4) is 5.75 Å². The molecule has 1 aliphatic rings. The Hall–Kier alpha value is -1.10. The van der Waals surface area contributed by atoms with Gasteiger partial charge in [0.2, 0.25) is 0 Å². The predicted molar refractivity (Wildman–Crippen MR) is 80.8 cm³/mol. The van der Waals surface area contributed by atoms with E-state index in [0.717, 1.165) is 43.5 Å². The van der Waals surface area contributed by atoms with E-state index in [4.69, 9.17) is 15.2 Å². The SMILES string of the molecule is COc1cc(CN(C)CC2CCOCC2)ccc1CN. The zero-order valence-corrected chi connectivity index (χ0v) is 12.6. The fraction of sp³-hybridized carbons (Fsp3) is 0.625. The smallest absolute Gasteiger partial charge is 0.123 e. The first-order chi connectivity index (χ1) is 9.72. The lowest BCUT2D eigenvalue weighted by atomic mass is 9.99. The minimum absolute atomic E-state index is 0.515. The Bertz CT molecular complexity index is 417. The van der Waals surface area contributed by atoms with Crippen LogP contribution in [0, 0.1) is 5.92 Å². The van der Waals surface area contributed by atoms with E-state index >= 15 is 0 Å². The highest BCUT2D eigenvalue weighted by molar-refractivity contribution is 5.37. The molecule has 2 N–H and O–H groups in total. The normalized spacial score (nSPS) is 16.6. The minimum atomic E-state index is 0.515. The van der Waals surface area contributed by atoms with Gasteiger partial charge in [0.25, 0.3) is 0 Å². The lowest BCUT2D eigenvalue weighted by Gasteiger charge is -2.27. The first kappa shape index (κ1) is 15.3. The second kappa shape index (κ2) is 7.62. The molecule has 2 rings (SSSR count). The summed E-state index contributed by atoms with van der Waals surface area (Å²) >= 11 is 0. The monoisotopic (exact) mass is 278 g/mol. The number of ether oxygens (including phenoxy) is 2. The van der Waals surface area contributed by atoms with Crippen LogP contribution in [0.5, 0.6) is 5.75 Å². The third kappa shape index (κ3) is 4.20. The van der Waals surface area contributed by atoms with Crippen LogP contribution in [-0.2, 0) is 17.8 Å². The molecule has 0 bridgehead atoms. The Morgan fingerprint density at radius 3 is 2.75 bits per heavy atom. The predicted octanol–water partition coefficient (Wildman–Crippen LogP) is 2.01. The van der Waals surface area contributed by atoms with Crippen LogP contribution in [0.2, 0.25) is 0 Å². The van der Waals surface area contributed by atoms with Crippen LogP contribution in [0.15, 0.2) is 18.2 Å². The van der Waals surface area contributed by atoms with Gasteiger partial charge in [-0.2, -0.15) is 0 Å². The van der Waals surface area contributed by atoms with Crippen molar-refractivity contribution in [1.82, 2.24) is 4.90 Å². The van der Waals surface area contributed by atoms with Gasteiger partial charge in [-0.15, -0.1) is 0 Å². The third-order valence-corrected chi connectivity index (χ3v) is 3.93. The standard InChI is InChI=1S/C16H26N2O2/c1-18(11-13-5-7-20-8-6-13)12-14-3-4-15(10-17)16(9-14)19-2/h3-4,9,13H,5-8,10-12,17H2,1-2H3. The molecule has 1 aliphatic heterocycles. The molecule has 1 fully saturated rings. The summed E-state index contributed by atoms with van der Waals surface area (Å²) in [6.45, 7) is 4.42. The van der Waals surface area contributed by atoms with Crippen molar-refractivity contribution in [2.75, 3.05) is 33.9 Å². The number of hydrogen-bond donors (Lipinski definition) is 1. The molecule has 1 aromatic carbocycles. The van der Waals surface area contributed by atoms with Crippen molar-refractivity contribution >= 4 is 0 Å². The Labute approximate surface area is 121 Å². The van der Waals surface area contributed by atoms with E-state index in [9.17, 15) is 0 Å². The molecule has 112 valence electrons. The van der Waals surface area contributed by atoms with Crippen molar-refractivity contribution in [3.05, 3.63) is 29.3 Å². The number of rotatable bonds is 6. The van der Waals surface area contributed by atoms with Gasteiger partial charge in [0.15, 0.2) is 0 Å². The number of nitrogens with zero attached hydrogens (tertiary/aromatic N) is 1. The van der Waals surface area contributed by atoms with E-state index in [1.807, 2.05) is 0 Å². The second-order valence-corrected chi connectivity index (χ2v) is 5.60. The molecule has 0 radical (unpaired) electrons. The molecule has 0 atom stereocenters. The van der Waals surface area contributed by atoms with Gasteiger partial charge in [-0.1, -0.05) is 12.1 Å². The maximum atomic E-state index is 5.70. The highest BCUT2D eigenvalue weighted by Gasteiger charge is 2.16. The van der Waals surface area contributed by atoms with Gasteiger partial charge in [0, 0.05) is 38.4 Å². The number of methoxy groups -OCH3 is 1. The van der Waals surface area contributed by atoms with E-state index < -0.39 is 0 Å². The molecule has 0 aliphatic carbocycles. The molecule has 4 nitrogen and oxygen atoms in total. The maximum absolute atomic E-state index is 5.70. The van der Waals surface area contributed by atoms with Crippen molar-refractivity contribution in [2.45, 2.75) is 25.9 Å². The summed E-state index contributed by atoms with van der Waals surface area (Å²) in [5.41, 5.74) is 8.03. The number of benzene rings is 1. The lowest BCUT2D eigenvalue weighted by Crippen LogP contribution is -2.29. The van der Waals surface area contributed by atoms with E-state index in [1.165, 1.54) is 18.4 Å². The summed E-state index contributed by atoms with van der Waals surface area (Å²) in [7, 11) is 3.88. The van der Waals surface area contributed by atoms with Gasteiger partial charge in [0.1, 0.15) is 5.75 Å². The van der Waals surface area contributed by atoms with Crippen LogP contribution in [0.3, 0.4) is 0 Å². The highest BCUT2D eigenvalue weighted by Crippen LogP contribution is 2.21. The van der Waals surface area contributed by atoms with E-state index in [-0.39, 0.29) is 0 Å². The summed E-state index contributed by atoms with van der Waals surface area (Å²) < 4.78 is 10.8. The largest absolute Gasteiger partial charge is 0.496 e. The van der Waals surface area contributed by atoms with Crippen LogP contribution in [-0.4, -0.2) is 38.8 Å². The van der Waals surface area contributed by atoms with Crippen molar-refractivity contribution in [1.29, 1.82) is 0 Å². The number of nitrogens with two attached hydrogens (primary N) is 1. The van der Waals surface area contributed by atoms with E-state index in [0.29, 0.717) is 6.54 Å². The summed E-state index contributed by atoms with van der Waals surface area (Å²) in [4.78, 5) is 2.38. The Kier molecular flexibility index (Phi) is 5.83. The quantitative estimate of drug-likeness (QED) is 0.865. The average Bonchev–Trinajstić information content (AvgIpc) is 2.48. The molecule has 1 heterocycles. The summed E-state index contributed by atoms with van der Waals surface area (Å²) in [5, 5.41) is 0. The van der Waals surface area contributed by atoms with Crippen molar-refractivity contribution < 1.29 is 9.47 Å². The molecule has 0 unspecified atom stereocenters. The summed E-state index contributed by atoms with van der Waals surface area (Å²) in [6.07, 6.45) is 2.36. The second-order valence-electron chi connectivity index (χ2n) is 5.60. The van der Waals surface area contributed by atoms with Gasteiger partial charge >= 0.3 is 0 Å². The summed E-state index contributed by atoms with van der Waals surface area (Å²) in [6, 6.07) is 6.31. The van der Waals surface area contributed by atoms with E-state index in [1.54, 1.807) is 7.11 Å². The molecule has 4 heteroatoms. The van der Waals surface area contributed by atoms with Gasteiger partial charge < -0.3 is 20.1 Å². The topological polar surface area (TPSA) is 47.7 Å². The van der Waals surface area contributed by atoms with Crippen LogP contribution in [0.25, 0.3) is 0 Å². The Morgan fingerprint density at radius 2 is 2.10 bits per heavy atom. The molecular formula is C16H26N2O2. The van der Waals surface area contributed by atoms with Gasteiger partial charge in [-0.3, -0.25) is 0 Å². The van der Waals surface area contributed by atoms with Crippen LogP contribution in [0.1, 0.15) is 24.0 Å². The molecule has 0 aromatic heterocycles. The molecular weight excluding hydrogens is 252 g/mol. The Morgan fingerprint density at radius 1 is 1.35 bits per heavy atom. The third-order valence-electron chi connectivity index (χ3n) is 3.93. The van der Waals surface area contributed by atoms with Crippen LogP contribution < -0.4 is 10.5 Å². The maximum Gasteiger partial charge on any atom is 0.123 e. The number of hydrogen-bond acceptors (Lipinski definition) is 4. The molecule has 0 spiro atoms. The van der Waals surface area contributed by atoms with Gasteiger partial charge in [-0.05, 0) is 37.4 Å². The first-order valence-electron chi connectivity index (χ1n) is 7.35. The summed E-state index contributed by atoms with van der Waals surface area (Å²) in [5.74, 6) is 1.66. The molecule has 0 saturated carbocycles. The molecule has 20 heavy (non-hydrogen) atoms. The molecule has 1 saturated heterocycles. The first-order valence-corrected chi connectivity index (χ1v) is 7.35. The van der Waals surface area contributed by atoms with Crippen molar-refractivity contribution in [2.24, 2.45) is 11.7 Å². The highest BCUT2D eigenvalue weighted by atomic mass is 16.5. The van der Waals surface area contributed by atoms with Crippen LogP contribution >= 0.6 is 0 Å². The van der Waals surface area contributed by atoms with Gasteiger partial charge in [0.05, 0.1) is 7.11 Å². The zero-order valence-electron chi connectivity index (χ0n) is 12.6. The minimum Gasteiger partial charge on any atom is -0.496 e. The Balaban J connectivity index is 1.91. The fourth-order valence-electron chi connectivity index (χ4n) is 2.80. The van der Waals surface area contributed by atoms with Gasteiger partial charge in [-0.25, -0.2) is 0 Å². The molecule has 1 aromatic rings. The average molecular weight is 278 g/mol. The van der Waals surface area contributed by atoms with Crippen molar-refractivity contribution in [3.63, 3.8) is 0 Å². The van der Waals surface area contributed by atoms with E-state index in [2.05, 4.69) is 30.1 Å².